The molecule has 3 rings (SSSR count). The van der Waals surface area contributed by atoms with E-state index in [0.717, 1.165) is 31.0 Å². The molecule has 0 atom stereocenters. The van der Waals surface area contributed by atoms with Crippen molar-refractivity contribution in [2.45, 2.75) is 20.3 Å². The molecule has 1 aromatic carbocycles. The van der Waals surface area contributed by atoms with Gasteiger partial charge in [-0.2, -0.15) is 0 Å². The Morgan fingerprint density at radius 2 is 2.16 bits per heavy atom. The van der Waals surface area contributed by atoms with E-state index in [4.69, 9.17) is 4.74 Å². The molecule has 0 fully saturated rings. The third kappa shape index (κ3) is 3.87. The molecule has 2 aliphatic rings. The molecule has 0 bridgehead atoms. The molecule has 130 valence electrons. The highest BCUT2D eigenvalue weighted by molar-refractivity contribution is 5.77. The molecule has 3 heteroatoms. The Morgan fingerprint density at radius 1 is 1.28 bits per heavy atom. The Bertz CT molecular complexity index is 794. The predicted octanol–water partition coefficient (Wildman–Crippen LogP) is 4.12. The predicted molar refractivity (Wildman–Crippen MR) is 105 cm³/mol. The lowest BCUT2D eigenvalue weighted by atomic mass is 9.95. The summed E-state index contributed by atoms with van der Waals surface area (Å²) in [4.78, 5) is 0. The quantitative estimate of drug-likeness (QED) is 0.795. The summed E-state index contributed by atoms with van der Waals surface area (Å²) < 4.78 is 5.64. The summed E-state index contributed by atoms with van der Waals surface area (Å²) in [5.41, 5.74) is 7.22. The number of fused-ring (bicyclic) bond motifs is 1. The third-order valence-corrected chi connectivity index (χ3v) is 4.49. The molecule has 0 spiro atoms. The van der Waals surface area contributed by atoms with Crippen molar-refractivity contribution in [2.75, 3.05) is 20.2 Å². The zero-order chi connectivity index (χ0) is 17.6. The molecule has 1 aromatic rings. The number of ether oxygens (including phenoxy) is 1. The van der Waals surface area contributed by atoms with Crippen LogP contribution in [0.1, 0.15) is 25.0 Å². The molecule has 0 amide bonds. The number of allylic oxidation sites excluding steroid dienone is 8. The maximum atomic E-state index is 5.64. The number of hydrogen-bond acceptors (Lipinski definition) is 3. The highest BCUT2D eigenvalue weighted by Crippen LogP contribution is 2.31. The van der Waals surface area contributed by atoms with Gasteiger partial charge in [0.1, 0.15) is 5.75 Å². The van der Waals surface area contributed by atoms with Crippen LogP contribution in [0.3, 0.4) is 0 Å². The number of hydrogen-bond donors (Lipinski definition) is 2. The minimum Gasteiger partial charge on any atom is -0.493 e. The van der Waals surface area contributed by atoms with Crippen LogP contribution in [0.5, 0.6) is 5.75 Å². The topological polar surface area (TPSA) is 33.3 Å². The molecule has 0 aromatic heterocycles. The molecule has 0 aliphatic carbocycles. The minimum absolute atomic E-state index is 0.788. The van der Waals surface area contributed by atoms with Crippen LogP contribution in [0.4, 0.5) is 0 Å². The molecule has 2 N–H and O–H groups in total. The molecule has 3 nitrogen and oxygen atoms in total. The standard InChI is InChI=1S/C22H26N2O/c1-4-6-17(9-8-16(2)23-3)20-7-5-13-24-22(20)19-10-11-21-18(15-19)12-14-25-21/h4-11,15,23-24H,12-14H2,1-3H3/b6-4+,16-8+,17-9+. The van der Waals surface area contributed by atoms with E-state index in [-0.39, 0.29) is 0 Å². The maximum Gasteiger partial charge on any atom is 0.122 e. The summed E-state index contributed by atoms with van der Waals surface area (Å²) in [7, 11) is 1.94. The second-order valence-electron chi connectivity index (χ2n) is 6.21. The summed E-state index contributed by atoms with van der Waals surface area (Å²) in [5, 5.41) is 6.72. The first-order valence-electron chi connectivity index (χ1n) is 8.83. The van der Waals surface area contributed by atoms with Gasteiger partial charge < -0.3 is 15.4 Å². The Morgan fingerprint density at radius 3 is 2.96 bits per heavy atom. The molecule has 0 saturated carbocycles. The molecule has 0 radical (unpaired) electrons. The fourth-order valence-corrected chi connectivity index (χ4v) is 3.07. The van der Waals surface area contributed by atoms with Crippen molar-refractivity contribution in [1.82, 2.24) is 10.6 Å². The van der Waals surface area contributed by atoms with Crippen LogP contribution in [0.2, 0.25) is 0 Å². The fraction of sp³-hybridized carbons (Fsp3) is 0.273. The van der Waals surface area contributed by atoms with Crippen molar-refractivity contribution < 1.29 is 4.74 Å². The van der Waals surface area contributed by atoms with E-state index in [1.165, 1.54) is 28.0 Å². The Balaban J connectivity index is 2.07. The van der Waals surface area contributed by atoms with E-state index in [1.54, 1.807) is 0 Å². The largest absolute Gasteiger partial charge is 0.493 e. The molecular formula is C22H26N2O. The first-order chi connectivity index (χ1) is 12.2. The van der Waals surface area contributed by atoms with Gasteiger partial charge in [-0.1, -0.05) is 30.4 Å². The van der Waals surface area contributed by atoms with Crippen molar-refractivity contribution in [3.05, 3.63) is 82.6 Å². The molecular weight excluding hydrogens is 308 g/mol. The summed E-state index contributed by atoms with van der Waals surface area (Å²) in [6, 6.07) is 6.49. The van der Waals surface area contributed by atoms with E-state index in [9.17, 15) is 0 Å². The molecule has 0 saturated heterocycles. The van der Waals surface area contributed by atoms with Gasteiger partial charge in [-0.25, -0.2) is 0 Å². The van der Waals surface area contributed by atoms with Crippen LogP contribution in [-0.2, 0) is 6.42 Å². The molecule has 2 heterocycles. The van der Waals surface area contributed by atoms with Gasteiger partial charge in [0.15, 0.2) is 0 Å². The van der Waals surface area contributed by atoms with Crippen LogP contribution in [-0.4, -0.2) is 20.2 Å². The summed E-state index contributed by atoms with van der Waals surface area (Å²) in [5.74, 6) is 1.02. The Hall–Kier alpha value is -2.68. The molecule has 2 aliphatic heterocycles. The van der Waals surface area contributed by atoms with Crippen LogP contribution in [0.15, 0.2) is 71.5 Å². The summed E-state index contributed by atoms with van der Waals surface area (Å²) in [6.07, 6.45) is 13.9. The average Bonchev–Trinajstić information content (AvgIpc) is 3.12. The number of dihydropyridines is 1. The lowest BCUT2D eigenvalue weighted by Gasteiger charge is -2.20. The minimum atomic E-state index is 0.788. The summed E-state index contributed by atoms with van der Waals surface area (Å²) in [6.45, 7) is 5.75. The lowest BCUT2D eigenvalue weighted by molar-refractivity contribution is 0.357. The van der Waals surface area contributed by atoms with Crippen molar-refractivity contribution in [3.8, 4) is 5.75 Å². The van der Waals surface area contributed by atoms with Gasteiger partial charge in [0.25, 0.3) is 0 Å². The molecule has 25 heavy (non-hydrogen) atoms. The third-order valence-electron chi connectivity index (χ3n) is 4.49. The summed E-state index contributed by atoms with van der Waals surface area (Å²) >= 11 is 0. The number of rotatable bonds is 5. The van der Waals surface area contributed by atoms with Crippen LogP contribution < -0.4 is 15.4 Å². The normalized spacial score (nSPS) is 17.6. The number of benzene rings is 1. The van der Waals surface area contributed by atoms with Crippen LogP contribution >= 0.6 is 0 Å². The zero-order valence-electron chi connectivity index (χ0n) is 15.2. The van der Waals surface area contributed by atoms with E-state index in [2.05, 4.69) is 79.1 Å². The van der Waals surface area contributed by atoms with Gasteiger partial charge in [-0.15, -0.1) is 0 Å². The van der Waals surface area contributed by atoms with Crippen LogP contribution in [0.25, 0.3) is 5.70 Å². The van der Waals surface area contributed by atoms with E-state index in [0.29, 0.717) is 0 Å². The second-order valence-corrected chi connectivity index (χ2v) is 6.21. The monoisotopic (exact) mass is 334 g/mol. The van der Waals surface area contributed by atoms with E-state index in [1.807, 2.05) is 7.05 Å². The first-order valence-corrected chi connectivity index (χ1v) is 8.83. The maximum absolute atomic E-state index is 5.64. The Kier molecular flexibility index (Phi) is 5.44. The SMILES string of the molecule is C/C=C/C(=C\C=C(/C)NC)C1=C(c2ccc3c(c2)CCO3)NCC=C1. The van der Waals surface area contributed by atoms with Gasteiger partial charge in [0.05, 0.1) is 6.61 Å². The van der Waals surface area contributed by atoms with Gasteiger partial charge in [-0.3, -0.25) is 0 Å². The van der Waals surface area contributed by atoms with Crippen molar-refractivity contribution in [2.24, 2.45) is 0 Å². The van der Waals surface area contributed by atoms with E-state index < -0.39 is 0 Å². The smallest absolute Gasteiger partial charge is 0.122 e. The lowest BCUT2D eigenvalue weighted by Crippen LogP contribution is -2.18. The average molecular weight is 334 g/mol. The van der Waals surface area contributed by atoms with Gasteiger partial charge in [0, 0.05) is 37.0 Å². The van der Waals surface area contributed by atoms with E-state index >= 15 is 0 Å². The second kappa shape index (κ2) is 7.93. The van der Waals surface area contributed by atoms with Crippen molar-refractivity contribution in [3.63, 3.8) is 0 Å². The van der Waals surface area contributed by atoms with Crippen LogP contribution in [0, 0.1) is 0 Å². The van der Waals surface area contributed by atoms with Gasteiger partial charge >= 0.3 is 0 Å². The first kappa shape index (κ1) is 17.2. The molecule has 0 unspecified atom stereocenters. The Labute approximate surface area is 150 Å². The van der Waals surface area contributed by atoms with Gasteiger partial charge in [0.2, 0.25) is 0 Å². The fourth-order valence-electron chi connectivity index (χ4n) is 3.07. The highest BCUT2D eigenvalue weighted by atomic mass is 16.5. The zero-order valence-corrected chi connectivity index (χ0v) is 15.2. The van der Waals surface area contributed by atoms with Crippen molar-refractivity contribution >= 4 is 5.70 Å². The van der Waals surface area contributed by atoms with Crippen molar-refractivity contribution in [1.29, 1.82) is 0 Å². The van der Waals surface area contributed by atoms with Gasteiger partial charge in [-0.05, 0) is 54.8 Å². The highest BCUT2D eigenvalue weighted by Gasteiger charge is 2.17. The number of nitrogens with one attached hydrogen (secondary N) is 2.